The van der Waals surface area contributed by atoms with E-state index in [-0.39, 0.29) is 22.9 Å². The maximum Gasteiger partial charge on any atom is 0.271 e. The molecule has 34 heavy (non-hydrogen) atoms. The Morgan fingerprint density at radius 2 is 1.88 bits per heavy atom. The number of ether oxygens (including phenoxy) is 1. The zero-order valence-electron chi connectivity index (χ0n) is 19.8. The highest BCUT2D eigenvalue weighted by atomic mass is 32.2. The number of hydrazone groups is 1. The molecule has 178 valence electrons. The minimum absolute atomic E-state index is 0.221. The van der Waals surface area contributed by atoms with Gasteiger partial charge in [0.15, 0.2) is 5.17 Å². The molecule has 0 saturated heterocycles. The molecule has 2 aliphatic heterocycles. The van der Waals surface area contributed by atoms with Crippen molar-refractivity contribution in [2.75, 3.05) is 11.5 Å². The number of amides is 3. The van der Waals surface area contributed by atoms with Gasteiger partial charge in [0.25, 0.3) is 5.91 Å². The summed E-state index contributed by atoms with van der Waals surface area (Å²) >= 11 is 1.08. The summed E-state index contributed by atoms with van der Waals surface area (Å²) in [5.41, 5.74) is 3.29. The Hall–Kier alpha value is -3.33. The number of hydrogen-bond acceptors (Lipinski definition) is 6. The number of thioether (sulfide) groups is 1. The van der Waals surface area contributed by atoms with Crippen LogP contribution in [0.5, 0.6) is 5.75 Å². The van der Waals surface area contributed by atoms with E-state index < -0.39 is 4.87 Å². The lowest BCUT2D eigenvalue weighted by Gasteiger charge is -2.29. The molecule has 2 aromatic rings. The van der Waals surface area contributed by atoms with Crippen LogP contribution in [0.3, 0.4) is 0 Å². The number of aryl methyl sites for hydroxylation is 1. The van der Waals surface area contributed by atoms with Crippen molar-refractivity contribution in [1.82, 2.24) is 10.3 Å². The summed E-state index contributed by atoms with van der Waals surface area (Å²) in [5.74, 6) is -0.190. The number of rotatable bonds is 6. The first kappa shape index (κ1) is 23.8. The van der Waals surface area contributed by atoms with E-state index in [2.05, 4.69) is 17.3 Å². The Kier molecular flexibility index (Phi) is 6.65. The Labute approximate surface area is 203 Å². The van der Waals surface area contributed by atoms with Gasteiger partial charge in [0.1, 0.15) is 5.75 Å². The predicted octanol–water partition coefficient (Wildman–Crippen LogP) is 3.88. The highest BCUT2D eigenvalue weighted by molar-refractivity contribution is 8.15. The fourth-order valence-electron chi connectivity index (χ4n) is 4.09. The minimum atomic E-state index is -1.39. The van der Waals surface area contributed by atoms with Gasteiger partial charge in [0.2, 0.25) is 16.7 Å². The lowest BCUT2D eigenvalue weighted by Crippen LogP contribution is -2.48. The molecule has 1 atom stereocenters. The topological polar surface area (TPSA) is 91.3 Å². The van der Waals surface area contributed by atoms with Gasteiger partial charge in [-0.1, -0.05) is 43.2 Å². The largest absolute Gasteiger partial charge is 0.494 e. The fourth-order valence-corrected chi connectivity index (χ4v) is 5.41. The maximum absolute atomic E-state index is 14.0. The summed E-state index contributed by atoms with van der Waals surface area (Å²) in [6.07, 6.45) is 2.06. The smallest absolute Gasteiger partial charge is 0.271 e. The van der Waals surface area contributed by atoms with Crippen LogP contribution in [-0.2, 0) is 25.8 Å². The van der Waals surface area contributed by atoms with Gasteiger partial charge in [-0.15, -0.1) is 5.10 Å². The molecule has 0 radical (unpaired) electrons. The summed E-state index contributed by atoms with van der Waals surface area (Å²) in [6.45, 7) is 7.78. The quantitative estimate of drug-likeness (QED) is 0.634. The van der Waals surface area contributed by atoms with E-state index in [0.717, 1.165) is 47.2 Å². The third-order valence-electron chi connectivity index (χ3n) is 5.69. The molecule has 1 spiro atoms. The number of amidine groups is 1. The highest BCUT2D eigenvalue weighted by Crippen LogP contribution is 2.54. The van der Waals surface area contributed by atoms with Crippen LogP contribution in [0.4, 0.5) is 5.69 Å². The van der Waals surface area contributed by atoms with Crippen molar-refractivity contribution >= 4 is 40.3 Å². The summed E-state index contributed by atoms with van der Waals surface area (Å²) in [4.78, 5) is 38.5. The predicted molar refractivity (Wildman–Crippen MR) is 132 cm³/mol. The molecule has 0 saturated carbocycles. The molecule has 2 aromatic carbocycles. The highest BCUT2D eigenvalue weighted by Gasteiger charge is 2.61. The monoisotopic (exact) mass is 480 g/mol. The number of hydrogen-bond donors (Lipinski definition) is 1. The van der Waals surface area contributed by atoms with Crippen LogP contribution in [0.15, 0.2) is 47.6 Å². The molecule has 3 amide bonds. The molecule has 0 aromatic heterocycles. The maximum atomic E-state index is 14.0. The zero-order chi connectivity index (χ0) is 24.5. The third-order valence-corrected chi connectivity index (χ3v) is 6.93. The van der Waals surface area contributed by atoms with Crippen molar-refractivity contribution < 1.29 is 19.1 Å². The molecule has 1 N–H and O–H groups in total. The van der Waals surface area contributed by atoms with E-state index in [4.69, 9.17) is 4.74 Å². The third kappa shape index (κ3) is 4.27. The molecule has 9 heteroatoms. The van der Waals surface area contributed by atoms with Crippen molar-refractivity contribution in [3.63, 3.8) is 0 Å². The molecular weight excluding hydrogens is 452 g/mol. The van der Waals surface area contributed by atoms with Crippen LogP contribution >= 0.6 is 11.8 Å². The summed E-state index contributed by atoms with van der Waals surface area (Å²) in [7, 11) is 0. The lowest BCUT2D eigenvalue weighted by atomic mass is 10.0. The number of carbonyl (C=O) groups excluding carboxylic acids is 3. The average molecular weight is 481 g/mol. The summed E-state index contributed by atoms with van der Waals surface area (Å²) in [6, 6.07) is 13.4. The number of fused-ring (bicyclic) bond motifs is 2. The van der Waals surface area contributed by atoms with Gasteiger partial charge in [-0.2, -0.15) is 5.01 Å². The van der Waals surface area contributed by atoms with E-state index in [0.29, 0.717) is 18.7 Å². The lowest BCUT2D eigenvalue weighted by molar-refractivity contribution is -0.139. The van der Waals surface area contributed by atoms with Crippen LogP contribution in [0, 0.1) is 6.92 Å². The molecule has 0 fully saturated rings. The van der Waals surface area contributed by atoms with Gasteiger partial charge in [-0.25, -0.2) is 0 Å². The molecule has 0 bridgehead atoms. The molecule has 2 heterocycles. The Balaban J connectivity index is 1.67. The fraction of sp³-hybridized carbons (Fsp3) is 0.360. The second-order valence-corrected chi connectivity index (χ2v) is 9.60. The van der Waals surface area contributed by atoms with Crippen molar-refractivity contribution in [2.45, 2.75) is 52.0 Å². The van der Waals surface area contributed by atoms with Gasteiger partial charge >= 0.3 is 0 Å². The number of unbranched alkanes of at least 4 members (excludes halogenated alkanes) is 1. The Bertz CT molecular complexity index is 1160. The second-order valence-electron chi connectivity index (χ2n) is 8.42. The van der Waals surface area contributed by atoms with E-state index in [9.17, 15) is 14.4 Å². The van der Waals surface area contributed by atoms with Gasteiger partial charge < -0.3 is 15.0 Å². The normalized spacial score (nSPS) is 18.8. The van der Waals surface area contributed by atoms with Gasteiger partial charge in [0.05, 0.1) is 18.8 Å². The number of benzene rings is 2. The SMILES string of the molecule is CCCCOc1ccc(CN2C(=O)[C@@]3(SC(NC(C)=O)=NN3C(C)=O)c3cc(C)ccc32)cc1. The number of nitrogens with zero attached hydrogens (tertiary/aromatic N) is 3. The van der Waals surface area contributed by atoms with E-state index in [1.54, 1.807) is 4.90 Å². The average Bonchev–Trinajstić information content (AvgIpc) is 3.27. The van der Waals surface area contributed by atoms with Crippen molar-refractivity contribution in [2.24, 2.45) is 5.10 Å². The van der Waals surface area contributed by atoms with Crippen LogP contribution in [-0.4, -0.2) is 34.5 Å². The standard InChI is InChI=1S/C25H28N4O4S/c1-5-6-13-33-20-10-8-19(9-11-20)15-28-22-12-7-16(2)14-21(22)25(23(28)32)29(18(4)31)27-24(34-25)26-17(3)30/h7-12,14H,5-6,13,15H2,1-4H3,(H,26,27,30)/t25-/m0/s1. The Morgan fingerprint density at radius 1 is 1.15 bits per heavy atom. The van der Waals surface area contributed by atoms with Crippen LogP contribution in [0.1, 0.15) is 50.3 Å². The van der Waals surface area contributed by atoms with Crippen molar-refractivity contribution in [3.8, 4) is 5.75 Å². The van der Waals surface area contributed by atoms with E-state index in [1.165, 1.54) is 18.9 Å². The number of carbonyl (C=O) groups is 3. The molecule has 0 aliphatic carbocycles. The molecule has 2 aliphatic rings. The van der Waals surface area contributed by atoms with Crippen molar-refractivity contribution in [1.29, 1.82) is 0 Å². The van der Waals surface area contributed by atoms with Crippen LogP contribution < -0.4 is 15.0 Å². The van der Waals surface area contributed by atoms with Gasteiger partial charge in [-0.05, 0) is 48.9 Å². The second kappa shape index (κ2) is 9.50. The van der Waals surface area contributed by atoms with Crippen LogP contribution in [0.2, 0.25) is 0 Å². The summed E-state index contributed by atoms with van der Waals surface area (Å²) in [5, 5.41) is 8.34. The molecule has 4 rings (SSSR count). The Morgan fingerprint density at radius 3 is 2.53 bits per heavy atom. The van der Waals surface area contributed by atoms with Gasteiger partial charge in [-0.3, -0.25) is 14.4 Å². The first-order valence-electron chi connectivity index (χ1n) is 11.3. The van der Waals surface area contributed by atoms with E-state index in [1.807, 2.05) is 49.4 Å². The molecule has 0 unspecified atom stereocenters. The van der Waals surface area contributed by atoms with E-state index >= 15 is 0 Å². The summed E-state index contributed by atoms with van der Waals surface area (Å²) < 4.78 is 5.74. The van der Waals surface area contributed by atoms with Gasteiger partial charge in [0, 0.05) is 19.4 Å². The minimum Gasteiger partial charge on any atom is -0.494 e. The molecule has 8 nitrogen and oxygen atoms in total. The zero-order valence-corrected chi connectivity index (χ0v) is 20.6. The first-order valence-corrected chi connectivity index (χ1v) is 12.1. The van der Waals surface area contributed by atoms with Crippen LogP contribution in [0.25, 0.3) is 0 Å². The number of nitrogens with one attached hydrogen (secondary N) is 1. The number of anilines is 1. The van der Waals surface area contributed by atoms with Crippen molar-refractivity contribution in [3.05, 3.63) is 59.2 Å². The first-order chi connectivity index (χ1) is 16.3. The molecular formula is C25H28N4O4S.